The molecule has 12 nitrogen and oxygen atoms in total. The standard InChI is InChI=1S/C32H35FN8O4/c1-19(2)40-18-23(29(43)41(31(40)44)32-15-20(16-32)17-32)28(42)36-21-5-6-25(24(33)13-21)45-22-7-9-34-27(14-22)37-26-8-10-35-30(38-26)39-11-3-4-12-39/h5-10,13-14,19-20,23H,3-4,11-12,15-18H2,1-2H3,(H,36,42)(H,34,35,37,38). The van der Waals surface area contributed by atoms with Crippen LogP contribution in [-0.4, -0.2) is 73.8 Å². The van der Waals surface area contributed by atoms with E-state index in [1.54, 1.807) is 29.3 Å². The second kappa shape index (κ2) is 11.3. The van der Waals surface area contributed by atoms with Crippen molar-refractivity contribution in [3.8, 4) is 11.5 Å². The molecule has 0 radical (unpaired) electrons. The number of hydrogen-bond acceptors (Lipinski definition) is 9. The van der Waals surface area contributed by atoms with Gasteiger partial charge in [-0.3, -0.25) is 14.5 Å². The number of nitrogens with zero attached hydrogens (tertiary/aromatic N) is 6. The lowest BCUT2D eigenvalue weighted by atomic mass is 9.49. The Bertz CT molecular complexity index is 1640. The van der Waals surface area contributed by atoms with Gasteiger partial charge in [0.2, 0.25) is 17.8 Å². The number of imide groups is 1. The topological polar surface area (TPSA) is 133 Å². The molecule has 4 heterocycles. The highest BCUT2D eigenvalue weighted by molar-refractivity contribution is 6.12. The summed E-state index contributed by atoms with van der Waals surface area (Å²) in [6.45, 7) is 5.55. The van der Waals surface area contributed by atoms with Crippen molar-refractivity contribution in [2.45, 2.75) is 57.5 Å². The molecule has 0 spiro atoms. The first-order valence-electron chi connectivity index (χ1n) is 15.4. The van der Waals surface area contributed by atoms with E-state index in [0.717, 1.165) is 51.3 Å². The summed E-state index contributed by atoms with van der Waals surface area (Å²) < 4.78 is 21.0. The minimum Gasteiger partial charge on any atom is -0.454 e. The second-order valence-electron chi connectivity index (χ2n) is 12.6. The molecule has 5 fully saturated rings. The van der Waals surface area contributed by atoms with Gasteiger partial charge in [0, 0.05) is 55.9 Å². The summed E-state index contributed by atoms with van der Waals surface area (Å²) in [4.78, 5) is 58.3. The molecule has 2 saturated heterocycles. The van der Waals surface area contributed by atoms with Crippen LogP contribution in [0.15, 0.2) is 48.8 Å². The quantitative estimate of drug-likeness (QED) is 0.322. The van der Waals surface area contributed by atoms with Gasteiger partial charge in [-0.25, -0.2) is 19.2 Å². The Balaban J connectivity index is 1.01. The maximum atomic E-state index is 15.2. The molecule has 5 aliphatic rings. The molecule has 1 atom stereocenters. The lowest BCUT2D eigenvalue weighted by Crippen LogP contribution is -2.76. The third kappa shape index (κ3) is 5.40. The van der Waals surface area contributed by atoms with Crippen molar-refractivity contribution in [1.29, 1.82) is 0 Å². The highest BCUT2D eigenvalue weighted by atomic mass is 19.1. The van der Waals surface area contributed by atoms with E-state index >= 15 is 4.39 Å². The molecular formula is C32H35FN8O4. The lowest BCUT2D eigenvalue weighted by molar-refractivity contribution is -0.172. The van der Waals surface area contributed by atoms with Crippen LogP contribution in [0.2, 0.25) is 0 Å². The fourth-order valence-corrected chi connectivity index (χ4v) is 6.68. The first-order valence-corrected chi connectivity index (χ1v) is 15.4. The summed E-state index contributed by atoms with van der Waals surface area (Å²) in [6, 6.07) is 8.52. The summed E-state index contributed by atoms with van der Waals surface area (Å²) in [5.74, 6) is -0.303. The molecule has 13 heteroatoms. The largest absolute Gasteiger partial charge is 0.454 e. The van der Waals surface area contributed by atoms with Gasteiger partial charge in [-0.2, -0.15) is 4.98 Å². The van der Waals surface area contributed by atoms with Crippen LogP contribution in [0.25, 0.3) is 0 Å². The Hall–Kier alpha value is -4.81. The second-order valence-corrected chi connectivity index (χ2v) is 12.6. The number of amides is 4. The maximum Gasteiger partial charge on any atom is 0.327 e. The third-order valence-electron chi connectivity index (χ3n) is 9.20. The van der Waals surface area contributed by atoms with Crippen LogP contribution in [0.5, 0.6) is 11.5 Å². The summed E-state index contributed by atoms with van der Waals surface area (Å²) in [6.07, 6.45) is 7.85. The average Bonchev–Trinajstić information content (AvgIpc) is 3.51. The Morgan fingerprint density at radius 3 is 2.47 bits per heavy atom. The van der Waals surface area contributed by atoms with Gasteiger partial charge in [-0.05, 0) is 76.1 Å². The van der Waals surface area contributed by atoms with E-state index in [9.17, 15) is 14.4 Å². The molecule has 45 heavy (non-hydrogen) atoms. The van der Waals surface area contributed by atoms with Crippen molar-refractivity contribution < 1.29 is 23.5 Å². The zero-order valence-corrected chi connectivity index (χ0v) is 25.2. The molecular weight excluding hydrogens is 579 g/mol. The number of pyridine rings is 1. The van der Waals surface area contributed by atoms with Crippen molar-refractivity contribution in [1.82, 2.24) is 24.8 Å². The van der Waals surface area contributed by atoms with Gasteiger partial charge in [0.15, 0.2) is 11.6 Å². The fraction of sp³-hybridized carbons (Fsp3) is 0.438. The van der Waals surface area contributed by atoms with Crippen molar-refractivity contribution in [2.75, 3.05) is 35.2 Å². The normalized spacial score (nSPS) is 24.0. The third-order valence-corrected chi connectivity index (χ3v) is 9.20. The van der Waals surface area contributed by atoms with E-state index in [0.29, 0.717) is 29.3 Å². The number of halogens is 1. The van der Waals surface area contributed by atoms with Gasteiger partial charge in [-0.1, -0.05) is 0 Å². The average molecular weight is 615 g/mol. The molecule has 234 valence electrons. The van der Waals surface area contributed by atoms with Gasteiger partial charge in [0.25, 0.3) is 0 Å². The molecule has 2 aromatic heterocycles. The molecule has 1 unspecified atom stereocenters. The van der Waals surface area contributed by atoms with Gasteiger partial charge in [0.05, 0.1) is 5.54 Å². The zero-order valence-electron chi connectivity index (χ0n) is 25.2. The molecule has 3 aromatic rings. The summed E-state index contributed by atoms with van der Waals surface area (Å²) in [7, 11) is 0. The number of carbonyl (C=O) groups is 3. The van der Waals surface area contributed by atoms with Gasteiger partial charge >= 0.3 is 6.03 Å². The van der Waals surface area contributed by atoms with Crippen LogP contribution in [0.3, 0.4) is 0 Å². The van der Waals surface area contributed by atoms with Crippen molar-refractivity contribution in [3.63, 3.8) is 0 Å². The number of urea groups is 1. The van der Waals surface area contributed by atoms with Crippen LogP contribution in [0.1, 0.15) is 46.0 Å². The van der Waals surface area contributed by atoms with Crippen molar-refractivity contribution in [3.05, 3.63) is 54.6 Å². The Kier molecular flexibility index (Phi) is 7.25. The van der Waals surface area contributed by atoms with E-state index < -0.39 is 29.1 Å². The van der Waals surface area contributed by atoms with Gasteiger partial charge < -0.3 is 25.2 Å². The molecule has 8 rings (SSSR count). The number of anilines is 4. The molecule has 4 amide bonds. The van der Waals surface area contributed by atoms with E-state index in [4.69, 9.17) is 4.74 Å². The predicted molar refractivity (Wildman–Crippen MR) is 164 cm³/mol. The SMILES string of the molecule is CC(C)N1CC(C(=O)Nc2ccc(Oc3ccnc(Nc4ccnc(N5CCCC5)n4)c3)c(F)c2)C(=O)N(C23CC(C2)C3)C1=O. The fourth-order valence-electron chi connectivity index (χ4n) is 6.68. The summed E-state index contributed by atoms with van der Waals surface area (Å²) in [5, 5.41) is 5.82. The van der Waals surface area contributed by atoms with Crippen LogP contribution in [0, 0.1) is 17.7 Å². The molecule has 2 N–H and O–H groups in total. The monoisotopic (exact) mass is 614 g/mol. The molecule has 2 aliphatic heterocycles. The van der Waals surface area contributed by atoms with Crippen LogP contribution >= 0.6 is 0 Å². The first-order chi connectivity index (χ1) is 21.7. The van der Waals surface area contributed by atoms with Crippen LogP contribution in [-0.2, 0) is 9.59 Å². The van der Waals surface area contributed by atoms with E-state index in [-0.39, 0.29) is 30.1 Å². The van der Waals surface area contributed by atoms with Gasteiger partial charge in [0.1, 0.15) is 23.3 Å². The number of hydrogen-bond donors (Lipinski definition) is 2. The highest BCUT2D eigenvalue weighted by Gasteiger charge is 2.65. The minimum absolute atomic E-state index is 0.0200. The summed E-state index contributed by atoms with van der Waals surface area (Å²) >= 11 is 0. The van der Waals surface area contributed by atoms with E-state index in [1.807, 2.05) is 13.8 Å². The van der Waals surface area contributed by atoms with Crippen LogP contribution < -0.4 is 20.3 Å². The number of ether oxygens (including phenoxy) is 1. The van der Waals surface area contributed by atoms with E-state index in [1.165, 1.54) is 23.2 Å². The number of aromatic nitrogens is 3. The zero-order chi connectivity index (χ0) is 31.3. The molecule has 1 aromatic carbocycles. The Morgan fingerprint density at radius 2 is 1.78 bits per heavy atom. The van der Waals surface area contributed by atoms with Crippen molar-refractivity contribution in [2.24, 2.45) is 11.8 Å². The highest BCUT2D eigenvalue weighted by Crippen LogP contribution is 2.61. The Labute approximate surface area is 260 Å². The van der Waals surface area contributed by atoms with Crippen LogP contribution in [0.4, 0.5) is 32.5 Å². The predicted octanol–water partition coefficient (Wildman–Crippen LogP) is 4.93. The summed E-state index contributed by atoms with van der Waals surface area (Å²) in [5.41, 5.74) is -0.277. The first kappa shape index (κ1) is 28.9. The Morgan fingerprint density at radius 1 is 1.02 bits per heavy atom. The molecule has 3 aliphatic carbocycles. The number of rotatable bonds is 9. The smallest absolute Gasteiger partial charge is 0.327 e. The lowest BCUT2D eigenvalue weighted by Gasteiger charge is -2.66. The van der Waals surface area contributed by atoms with Gasteiger partial charge in [-0.15, -0.1) is 0 Å². The number of carbonyl (C=O) groups excluding carboxylic acids is 3. The molecule has 3 saturated carbocycles. The van der Waals surface area contributed by atoms with Crippen molar-refractivity contribution >= 4 is 41.1 Å². The number of benzene rings is 1. The van der Waals surface area contributed by atoms with E-state index in [2.05, 4.69) is 30.5 Å². The minimum atomic E-state index is -1.08. The number of nitrogens with one attached hydrogen (secondary N) is 2. The maximum absolute atomic E-state index is 15.2. The molecule has 2 bridgehead atoms.